The van der Waals surface area contributed by atoms with Crippen molar-refractivity contribution in [1.82, 2.24) is 24.8 Å². The molecule has 6 rings (SSSR count). The number of unbranched alkanes of at least 4 members (excludes halogenated alkanes) is 5. The van der Waals surface area contributed by atoms with Crippen LogP contribution in [0.2, 0.25) is 5.02 Å². The molecule has 0 saturated heterocycles. The highest BCUT2D eigenvalue weighted by Crippen LogP contribution is 2.48. The predicted molar refractivity (Wildman–Crippen MR) is 182 cm³/mol. The van der Waals surface area contributed by atoms with E-state index in [1.54, 1.807) is 6.20 Å². The van der Waals surface area contributed by atoms with Crippen LogP contribution < -0.4 is 4.90 Å². The van der Waals surface area contributed by atoms with Crippen LogP contribution in [-0.4, -0.2) is 31.3 Å². The Labute approximate surface area is 264 Å². The van der Waals surface area contributed by atoms with Crippen LogP contribution in [0, 0.1) is 0 Å². The van der Waals surface area contributed by atoms with Crippen molar-refractivity contribution in [2.75, 3.05) is 11.4 Å². The van der Waals surface area contributed by atoms with Crippen molar-refractivity contribution in [3.8, 4) is 22.8 Å². The van der Waals surface area contributed by atoms with E-state index in [-0.39, 0.29) is 5.41 Å². The monoisotopic (exact) mass is 602 g/mol. The third kappa shape index (κ3) is 5.88. The number of benzene rings is 2. The number of aromatic amines is 1. The molecule has 0 bridgehead atoms. The SMILES string of the molecule is CCCCCCCCN1C(=CC=C=Cc2c(-c3ccccc3)[nH]n3c(-c4ccccn4)nnc23)C(C)(C)c2cc(Cl)ccc21. The molecule has 0 spiro atoms. The van der Waals surface area contributed by atoms with Crippen molar-refractivity contribution in [2.24, 2.45) is 0 Å². The van der Waals surface area contributed by atoms with Crippen LogP contribution in [0.3, 0.4) is 0 Å². The Bertz CT molecular complexity index is 1820. The molecule has 0 fully saturated rings. The first kappa shape index (κ1) is 29.7. The topological polar surface area (TPSA) is 62.1 Å². The molecule has 224 valence electrons. The van der Waals surface area contributed by atoms with E-state index in [1.165, 1.54) is 49.1 Å². The quantitative estimate of drug-likeness (QED) is 0.121. The summed E-state index contributed by atoms with van der Waals surface area (Å²) in [6, 6.07) is 22.4. The number of rotatable bonds is 11. The molecule has 6 nitrogen and oxygen atoms in total. The van der Waals surface area contributed by atoms with Gasteiger partial charge in [-0.05, 0) is 60.5 Å². The molecule has 0 unspecified atom stereocenters. The summed E-state index contributed by atoms with van der Waals surface area (Å²) in [5, 5.41) is 13.3. The summed E-state index contributed by atoms with van der Waals surface area (Å²) in [5.74, 6) is 0.665. The zero-order valence-electron chi connectivity index (χ0n) is 25.7. The minimum Gasteiger partial charge on any atom is -0.344 e. The number of anilines is 1. The van der Waals surface area contributed by atoms with Crippen molar-refractivity contribution in [1.29, 1.82) is 0 Å². The molecule has 5 aromatic rings. The lowest BCUT2D eigenvalue weighted by Gasteiger charge is -2.27. The number of pyridine rings is 1. The van der Waals surface area contributed by atoms with Gasteiger partial charge in [0.2, 0.25) is 5.82 Å². The zero-order valence-corrected chi connectivity index (χ0v) is 26.5. The largest absolute Gasteiger partial charge is 0.344 e. The van der Waals surface area contributed by atoms with Gasteiger partial charge in [-0.3, -0.25) is 10.1 Å². The highest BCUT2D eigenvalue weighted by atomic mass is 35.5. The third-order valence-corrected chi connectivity index (χ3v) is 8.74. The first-order valence-corrected chi connectivity index (χ1v) is 16.0. The number of nitrogens with one attached hydrogen (secondary N) is 1. The van der Waals surface area contributed by atoms with Crippen molar-refractivity contribution >= 4 is 29.0 Å². The Morgan fingerprint density at radius 1 is 0.932 bits per heavy atom. The van der Waals surface area contributed by atoms with Gasteiger partial charge in [0.15, 0.2) is 5.65 Å². The van der Waals surface area contributed by atoms with Crippen molar-refractivity contribution in [3.63, 3.8) is 0 Å². The first-order chi connectivity index (χ1) is 21.5. The average Bonchev–Trinajstić information content (AvgIpc) is 3.67. The van der Waals surface area contributed by atoms with Crippen LogP contribution in [-0.2, 0) is 5.41 Å². The number of nitrogens with zero attached hydrogens (tertiary/aromatic N) is 5. The third-order valence-electron chi connectivity index (χ3n) is 8.51. The second-order valence-corrected chi connectivity index (χ2v) is 12.3. The molecule has 0 radical (unpaired) electrons. The van der Waals surface area contributed by atoms with E-state index in [0.29, 0.717) is 5.82 Å². The molecule has 0 saturated carbocycles. The second kappa shape index (κ2) is 13.1. The van der Waals surface area contributed by atoms with E-state index in [2.05, 4.69) is 82.0 Å². The molecule has 44 heavy (non-hydrogen) atoms. The van der Waals surface area contributed by atoms with Crippen LogP contribution >= 0.6 is 11.6 Å². The maximum Gasteiger partial charge on any atom is 0.201 e. The van der Waals surface area contributed by atoms with Gasteiger partial charge < -0.3 is 4.90 Å². The number of aromatic nitrogens is 5. The van der Waals surface area contributed by atoms with Gasteiger partial charge in [0, 0.05) is 40.1 Å². The van der Waals surface area contributed by atoms with E-state index < -0.39 is 0 Å². The Balaban J connectivity index is 1.35. The van der Waals surface area contributed by atoms with Crippen LogP contribution in [0.5, 0.6) is 0 Å². The van der Waals surface area contributed by atoms with E-state index in [1.807, 2.05) is 59.1 Å². The Hall–Kier alpha value is -4.38. The fraction of sp³-hybridized carbons (Fsp3) is 0.297. The second-order valence-electron chi connectivity index (χ2n) is 11.9. The highest BCUT2D eigenvalue weighted by Gasteiger charge is 2.39. The molecule has 2 aromatic carbocycles. The summed E-state index contributed by atoms with van der Waals surface area (Å²) in [4.78, 5) is 6.97. The molecular weight excluding hydrogens is 564 g/mol. The predicted octanol–water partition coefficient (Wildman–Crippen LogP) is 9.65. The number of fused-ring (bicyclic) bond motifs is 2. The average molecular weight is 603 g/mol. The maximum absolute atomic E-state index is 6.48. The fourth-order valence-corrected chi connectivity index (χ4v) is 6.34. The standard InChI is InChI=1S/C37H39ClN6/c1-4-5-6-7-8-16-25-43-32-23-22-28(38)26-30(32)37(2,3)33(43)21-13-12-19-29-34(27-17-10-9-11-18-27)42-44-35(29)40-41-36(44)31-20-14-15-24-39-31/h9-11,13-15,17-24,26,42H,4-8,16,25H2,1-3H3. The first-order valence-electron chi connectivity index (χ1n) is 15.6. The number of halogens is 1. The van der Waals surface area contributed by atoms with Crippen molar-refractivity contribution < 1.29 is 0 Å². The molecule has 0 amide bonds. The Morgan fingerprint density at radius 3 is 2.52 bits per heavy atom. The summed E-state index contributed by atoms with van der Waals surface area (Å²) in [6.45, 7) is 7.82. The minimum atomic E-state index is -0.179. The molecule has 1 N–H and O–H groups in total. The van der Waals surface area contributed by atoms with Gasteiger partial charge in [-0.1, -0.05) is 101 Å². The smallest absolute Gasteiger partial charge is 0.201 e. The zero-order chi connectivity index (χ0) is 30.5. The summed E-state index contributed by atoms with van der Waals surface area (Å²) in [5.41, 5.74) is 11.5. The van der Waals surface area contributed by atoms with Gasteiger partial charge in [0.1, 0.15) is 5.69 Å². The number of hydrogen-bond donors (Lipinski definition) is 1. The van der Waals surface area contributed by atoms with Crippen LogP contribution in [0.4, 0.5) is 5.69 Å². The molecule has 0 atom stereocenters. The maximum atomic E-state index is 6.48. The van der Waals surface area contributed by atoms with Gasteiger partial charge in [-0.25, -0.2) is 4.52 Å². The lowest BCUT2D eigenvalue weighted by Crippen LogP contribution is -2.27. The van der Waals surface area contributed by atoms with Gasteiger partial charge >= 0.3 is 0 Å². The van der Waals surface area contributed by atoms with Crippen LogP contribution in [0.1, 0.15) is 70.4 Å². The fourth-order valence-electron chi connectivity index (χ4n) is 6.17. The molecular formula is C37H39ClN6. The van der Waals surface area contributed by atoms with Gasteiger partial charge in [0.25, 0.3) is 0 Å². The molecule has 3 aromatic heterocycles. The van der Waals surface area contributed by atoms with Crippen molar-refractivity contribution in [3.05, 3.63) is 113 Å². The lowest BCUT2D eigenvalue weighted by molar-refractivity contribution is 0.591. The summed E-state index contributed by atoms with van der Waals surface area (Å²) in [7, 11) is 0. The van der Waals surface area contributed by atoms with Crippen molar-refractivity contribution in [2.45, 2.75) is 64.7 Å². The summed E-state index contributed by atoms with van der Waals surface area (Å²) < 4.78 is 1.90. The van der Waals surface area contributed by atoms with Gasteiger partial charge in [0.05, 0.1) is 11.3 Å². The van der Waals surface area contributed by atoms with E-state index in [0.717, 1.165) is 46.2 Å². The number of hydrogen-bond acceptors (Lipinski definition) is 4. The molecule has 7 heteroatoms. The summed E-state index contributed by atoms with van der Waals surface area (Å²) >= 11 is 6.48. The van der Waals surface area contributed by atoms with E-state index in [4.69, 9.17) is 11.6 Å². The number of allylic oxidation sites excluding steroid dienone is 3. The van der Waals surface area contributed by atoms with E-state index in [9.17, 15) is 0 Å². The molecule has 1 aliphatic rings. The highest BCUT2D eigenvalue weighted by molar-refractivity contribution is 6.30. The van der Waals surface area contributed by atoms with Gasteiger partial charge in [-0.15, -0.1) is 15.9 Å². The Morgan fingerprint density at radius 2 is 1.73 bits per heavy atom. The minimum absolute atomic E-state index is 0.179. The van der Waals surface area contributed by atoms with Crippen LogP contribution in [0.25, 0.3) is 34.5 Å². The van der Waals surface area contributed by atoms with Gasteiger partial charge in [-0.2, -0.15) is 0 Å². The molecule has 4 heterocycles. The normalized spacial score (nSPS) is 14.6. The van der Waals surface area contributed by atoms with Crippen LogP contribution in [0.15, 0.2) is 96.5 Å². The number of H-pyrrole nitrogens is 1. The lowest BCUT2D eigenvalue weighted by atomic mass is 9.84. The summed E-state index contributed by atoms with van der Waals surface area (Å²) in [6.07, 6.45) is 15.6. The molecule has 1 aliphatic heterocycles. The molecule has 0 aliphatic carbocycles. The van der Waals surface area contributed by atoms with E-state index >= 15 is 0 Å². The Kier molecular flexibility index (Phi) is 8.83.